The van der Waals surface area contributed by atoms with Crippen LogP contribution in [0.3, 0.4) is 0 Å². The van der Waals surface area contributed by atoms with E-state index in [9.17, 15) is 13.9 Å². The SMILES string of the molecule is CCOc1ccc(N[C@H](C)c2ccc(F)cc2F)cc1CO. The summed E-state index contributed by atoms with van der Waals surface area (Å²) in [4.78, 5) is 0. The van der Waals surface area contributed by atoms with Crippen LogP contribution >= 0.6 is 0 Å². The molecule has 2 aromatic rings. The highest BCUT2D eigenvalue weighted by Crippen LogP contribution is 2.27. The van der Waals surface area contributed by atoms with E-state index in [1.807, 2.05) is 6.92 Å². The van der Waals surface area contributed by atoms with Crippen molar-refractivity contribution in [3.05, 3.63) is 59.2 Å². The van der Waals surface area contributed by atoms with Gasteiger partial charge in [0.25, 0.3) is 0 Å². The molecular formula is C17H19F2NO2. The van der Waals surface area contributed by atoms with Crippen LogP contribution in [0.5, 0.6) is 5.75 Å². The molecule has 22 heavy (non-hydrogen) atoms. The molecule has 0 radical (unpaired) electrons. The van der Waals surface area contributed by atoms with Crippen LogP contribution in [0.15, 0.2) is 36.4 Å². The second-order valence-electron chi connectivity index (χ2n) is 4.95. The smallest absolute Gasteiger partial charge is 0.131 e. The van der Waals surface area contributed by atoms with Gasteiger partial charge in [-0.1, -0.05) is 6.07 Å². The molecule has 0 aromatic heterocycles. The first-order valence-electron chi connectivity index (χ1n) is 7.13. The third-order valence-electron chi connectivity index (χ3n) is 3.34. The number of halogens is 2. The molecule has 2 N–H and O–H groups in total. The average Bonchev–Trinajstić information content (AvgIpc) is 2.48. The number of nitrogens with one attached hydrogen (secondary N) is 1. The van der Waals surface area contributed by atoms with Gasteiger partial charge >= 0.3 is 0 Å². The lowest BCUT2D eigenvalue weighted by Crippen LogP contribution is -2.09. The second-order valence-corrected chi connectivity index (χ2v) is 4.95. The summed E-state index contributed by atoms with van der Waals surface area (Å²) in [7, 11) is 0. The van der Waals surface area contributed by atoms with Gasteiger partial charge in [0.1, 0.15) is 17.4 Å². The summed E-state index contributed by atoms with van der Waals surface area (Å²) in [6.07, 6.45) is 0. The van der Waals surface area contributed by atoms with Gasteiger partial charge in [-0.05, 0) is 38.1 Å². The van der Waals surface area contributed by atoms with Gasteiger partial charge in [-0.25, -0.2) is 8.78 Å². The molecule has 5 heteroatoms. The quantitative estimate of drug-likeness (QED) is 0.846. The lowest BCUT2D eigenvalue weighted by atomic mass is 10.1. The fraction of sp³-hybridized carbons (Fsp3) is 0.294. The van der Waals surface area contributed by atoms with E-state index in [2.05, 4.69) is 5.32 Å². The van der Waals surface area contributed by atoms with Gasteiger partial charge < -0.3 is 15.2 Å². The lowest BCUT2D eigenvalue weighted by Gasteiger charge is -2.18. The van der Waals surface area contributed by atoms with Gasteiger partial charge in [0, 0.05) is 22.9 Å². The van der Waals surface area contributed by atoms with E-state index in [1.54, 1.807) is 25.1 Å². The Balaban J connectivity index is 2.19. The van der Waals surface area contributed by atoms with Gasteiger partial charge in [0.2, 0.25) is 0 Å². The first kappa shape index (κ1) is 16.2. The van der Waals surface area contributed by atoms with Crippen molar-refractivity contribution in [2.24, 2.45) is 0 Å². The minimum absolute atomic E-state index is 0.149. The number of rotatable bonds is 6. The largest absolute Gasteiger partial charge is 0.494 e. The maximum absolute atomic E-state index is 13.8. The average molecular weight is 307 g/mol. The predicted octanol–water partition coefficient (Wildman–Crippen LogP) is 4.03. The molecule has 0 aliphatic carbocycles. The minimum atomic E-state index is -0.600. The van der Waals surface area contributed by atoms with Crippen molar-refractivity contribution in [3.8, 4) is 5.75 Å². The van der Waals surface area contributed by atoms with Crippen molar-refractivity contribution in [2.75, 3.05) is 11.9 Å². The predicted molar refractivity (Wildman–Crippen MR) is 81.9 cm³/mol. The Hall–Kier alpha value is -2.14. The van der Waals surface area contributed by atoms with Crippen molar-refractivity contribution in [3.63, 3.8) is 0 Å². The van der Waals surface area contributed by atoms with Crippen LogP contribution in [0, 0.1) is 11.6 Å². The Morgan fingerprint density at radius 1 is 1.18 bits per heavy atom. The first-order chi connectivity index (χ1) is 10.5. The summed E-state index contributed by atoms with van der Waals surface area (Å²) in [5.74, 6) is -0.568. The van der Waals surface area contributed by atoms with Crippen molar-refractivity contribution in [1.29, 1.82) is 0 Å². The maximum atomic E-state index is 13.8. The normalized spacial score (nSPS) is 12.0. The number of aliphatic hydroxyl groups is 1. The molecule has 0 aliphatic heterocycles. The number of aliphatic hydroxyl groups excluding tert-OH is 1. The van der Waals surface area contributed by atoms with Crippen molar-refractivity contribution < 1.29 is 18.6 Å². The summed E-state index contributed by atoms with van der Waals surface area (Å²) in [6.45, 7) is 4.01. The van der Waals surface area contributed by atoms with E-state index in [0.717, 1.165) is 11.8 Å². The van der Waals surface area contributed by atoms with Gasteiger partial charge in [-0.15, -0.1) is 0 Å². The Labute approximate surface area is 128 Å². The molecule has 0 aliphatic rings. The summed E-state index contributed by atoms with van der Waals surface area (Å²) in [6, 6.07) is 8.48. The fourth-order valence-corrected chi connectivity index (χ4v) is 2.27. The molecule has 0 fully saturated rings. The van der Waals surface area contributed by atoms with Crippen molar-refractivity contribution in [2.45, 2.75) is 26.5 Å². The van der Waals surface area contributed by atoms with E-state index in [1.165, 1.54) is 12.1 Å². The molecule has 0 bridgehead atoms. The molecule has 0 heterocycles. The van der Waals surface area contributed by atoms with Gasteiger partial charge in [0.05, 0.1) is 19.3 Å². The molecule has 0 unspecified atom stereocenters. The molecular weight excluding hydrogens is 288 g/mol. The standard InChI is InChI=1S/C17H19F2NO2/c1-3-22-17-7-5-14(8-12(17)10-21)20-11(2)15-6-4-13(18)9-16(15)19/h4-9,11,20-21H,3,10H2,1-2H3/t11-/m1/s1. The zero-order chi connectivity index (χ0) is 16.1. The van der Waals surface area contributed by atoms with Crippen LogP contribution in [0.4, 0.5) is 14.5 Å². The monoisotopic (exact) mass is 307 g/mol. The number of anilines is 1. The van der Waals surface area contributed by atoms with Crippen LogP contribution < -0.4 is 10.1 Å². The van der Waals surface area contributed by atoms with Crippen LogP contribution in [0.2, 0.25) is 0 Å². The number of ether oxygens (including phenoxy) is 1. The van der Waals surface area contributed by atoms with E-state index in [4.69, 9.17) is 4.74 Å². The third-order valence-corrected chi connectivity index (χ3v) is 3.34. The Morgan fingerprint density at radius 2 is 1.95 bits per heavy atom. The van der Waals surface area contributed by atoms with Gasteiger partial charge in [-0.2, -0.15) is 0 Å². The van der Waals surface area contributed by atoms with Crippen LogP contribution in [0.25, 0.3) is 0 Å². The molecule has 2 rings (SSSR count). The Kier molecular flexibility index (Phi) is 5.33. The highest BCUT2D eigenvalue weighted by Gasteiger charge is 2.12. The molecule has 118 valence electrons. The number of hydrogen-bond donors (Lipinski definition) is 2. The summed E-state index contributed by atoms with van der Waals surface area (Å²) >= 11 is 0. The third kappa shape index (κ3) is 3.74. The van der Waals surface area contributed by atoms with Gasteiger partial charge in [0.15, 0.2) is 0 Å². The molecule has 1 atom stereocenters. The summed E-state index contributed by atoms with van der Waals surface area (Å²) in [5.41, 5.74) is 1.75. The van der Waals surface area contributed by atoms with Crippen molar-refractivity contribution >= 4 is 5.69 Å². The Bertz CT molecular complexity index is 647. The summed E-state index contributed by atoms with van der Waals surface area (Å²) in [5, 5.41) is 12.5. The maximum Gasteiger partial charge on any atom is 0.131 e. The zero-order valence-corrected chi connectivity index (χ0v) is 12.6. The van der Waals surface area contributed by atoms with E-state index in [-0.39, 0.29) is 12.6 Å². The fourth-order valence-electron chi connectivity index (χ4n) is 2.27. The van der Waals surface area contributed by atoms with Crippen LogP contribution in [-0.4, -0.2) is 11.7 Å². The molecule has 0 saturated carbocycles. The zero-order valence-electron chi connectivity index (χ0n) is 12.6. The highest BCUT2D eigenvalue weighted by molar-refractivity contribution is 5.52. The minimum Gasteiger partial charge on any atom is -0.494 e. The lowest BCUT2D eigenvalue weighted by molar-refractivity contribution is 0.267. The topological polar surface area (TPSA) is 41.5 Å². The summed E-state index contributed by atoms with van der Waals surface area (Å²) < 4.78 is 32.1. The Morgan fingerprint density at radius 3 is 2.59 bits per heavy atom. The van der Waals surface area contributed by atoms with E-state index >= 15 is 0 Å². The van der Waals surface area contributed by atoms with Crippen molar-refractivity contribution in [1.82, 2.24) is 0 Å². The molecule has 3 nitrogen and oxygen atoms in total. The van der Waals surface area contributed by atoms with Gasteiger partial charge in [-0.3, -0.25) is 0 Å². The van der Waals surface area contributed by atoms with E-state index in [0.29, 0.717) is 23.5 Å². The number of hydrogen-bond acceptors (Lipinski definition) is 3. The molecule has 0 amide bonds. The van der Waals surface area contributed by atoms with Crippen LogP contribution in [0.1, 0.15) is 31.0 Å². The molecule has 2 aromatic carbocycles. The molecule has 0 saturated heterocycles. The number of benzene rings is 2. The van der Waals surface area contributed by atoms with Crippen LogP contribution in [-0.2, 0) is 6.61 Å². The molecule has 0 spiro atoms. The first-order valence-corrected chi connectivity index (χ1v) is 7.13. The van der Waals surface area contributed by atoms with E-state index < -0.39 is 11.6 Å². The second kappa shape index (κ2) is 7.22. The highest BCUT2D eigenvalue weighted by atomic mass is 19.1.